The second kappa shape index (κ2) is 6.10. The van der Waals surface area contributed by atoms with Gasteiger partial charge >= 0.3 is 5.97 Å². The Bertz CT molecular complexity index is 237. The molecule has 0 amide bonds. The zero-order valence-corrected chi connectivity index (χ0v) is 6.74. The minimum atomic E-state index is -0.558. The van der Waals surface area contributed by atoms with Crippen molar-refractivity contribution in [2.45, 2.75) is 13.3 Å². The van der Waals surface area contributed by atoms with Crippen molar-refractivity contribution in [3.63, 3.8) is 0 Å². The number of hydrogen-bond acceptors (Lipinski definition) is 3. The first-order valence-electron chi connectivity index (χ1n) is 3.42. The molecule has 0 N–H and O–H groups in total. The molecule has 0 aliphatic carbocycles. The molecule has 0 radical (unpaired) electrons. The number of hydrogen-bond donors (Lipinski definition) is 0. The summed E-state index contributed by atoms with van der Waals surface area (Å²) in [5.41, 5.74) is 0. The van der Waals surface area contributed by atoms with E-state index in [2.05, 4.69) is 9.58 Å². The Morgan fingerprint density at radius 1 is 1.58 bits per heavy atom. The number of carbonyl (C=O) groups excluding carboxylic acids is 2. The molecule has 64 valence electrons. The highest BCUT2D eigenvalue weighted by molar-refractivity contribution is 6.01. The maximum Gasteiger partial charge on any atom is 0.313 e. The van der Waals surface area contributed by atoms with Gasteiger partial charge in [0.2, 0.25) is 0 Å². The molecule has 0 unspecified atom stereocenters. The minimum Gasteiger partial charge on any atom is -0.466 e. The van der Waals surface area contributed by atoms with Gasteiger partial charge in [-0.2, -0.15) is 0 Å². The SMILES string of the molecule is [C-]#[N+]/C=C/C(=O)CC(=O)OCC. The van der Waals surface area contributed by atoms with E-state index in [0.717, 1.165) is 12.3 Å². The van der Waals surface area contributed by atoms with Gasteiger partial charge in [-0.1, -0.05) is 0 Å². The smallest absolute Gasteiger partial charge is 0.313 e. The van der Waals surface area contributed by atoms with Crippen LogP contribution in [0.4, 0.5) is 0 Å². The summed E-state index contributed by atoms with van der Waals surface area (Å²) in [6.07, 6.45) is 1.78. The van der Waals surface area contributed by atoms with E-state index in [1.165, 1.54) is 0 Å². The van der Waals surface area contributed by atoms with Gasteiger partial charge in [-0.05, 0) is 13.0 Å². The van der Waals surface area contributed by atoms with Crippen LogP contribution >= 0.6 is 0 Å². The van der Waals surface area contributed by atoms with E-state index >= 15 is 0 Å². The van der Waals surface area contributed by atoms with Crippen LogP contribution in [-0.4, -0.2) is 18.4 Å². The third kappa shape index (κ3) is 5.18. The molecule has 0 heterocycles. The molecule has 0 atom stereocenters. The number of ketones is 1. The van der Waals surface area contributed by atoms with Crippen LogP contribution in [0, 0.1) is 6.57 Å². The van der Waals surface area contributed by atoms with Crippen molar-refractivity contribution < 1.29 is 14.3 Å². The van der Waals surface area contributed by atoms with Crippen LogP contribution in [0.5, 0.6) is 0 Å². The second-order valence-electron chi connectivity index (χ2n) is 1.89. The lowest BCUT2D eigenvalue weighted by molar-refractivity contribution is -0.144. The van der Waals surface area contributed by atoms with Crippen molar-refractivity contribution in [2.24, 2.45) is 0 Å². The fourth-order valence-electron chi connectivity index (χ4n) is 0.534. The lowest BCUT2D eigenvalue weighted by atomic mass is 10.3. The van der Waals surface area contributed by atoms with Gasteiger partial charge in [0.05, 0.1) is 13.2 Å². The number of ether oxygens (including phenoxy) is 1. The van der Waals surface area contributed by atoms with Crippen molar-refractivity contribution in [2.75, 3.05) is 6.61 Å². The molecule has 0 fully saturated rings. The molecule has 0 aliphatic rings. The summed E-state index contributed by atoms with van der Waals surface area (Å²) in [5.74, 6) is -0.971. The Kier molecular flexibility index (Phi) is 5.28. The zero-order chi connectivity index (χ0) is 9.40. The van der Waals surface area contributed by atoms with Crippen LogP contribution in [0.25, 0.3) is 4.85 Å². The first-order chi connectivity index (χ1) is 5.70. The molecule has 0 aromatic rings. The molecular formula is C8H9NO3. The molecule has 0 spiro atoms. The van der Waals surface area contributed by atoms with Gasteiger partial charge in [-0.3, -0.25) is 9.59 Å². The van der Waals surface area contributed by atoms with Gasteiger partial charge < -0.3 is 4.74 Å². The van der Waals surface area contributed by atoms with Crippen molar-refractivity contribution in [3.05, 3.63) is 23.7 Å². The van der Waals surface area contributed by atoms with E-state index < -0.39 is 11.8 Å². The zero-order valence-electron chi connectivity index (χ0n) is 6.74. The van der Waals surface area contributed by atoms with E-state index in [0.29, 0.717) is 0 Å². The summed E-state index contributed by atoms with van der Waals surface area (Å²) in [5, 5.41) is 0. The van der Waals surface area contributed by atoms with E-state index in [1.54, 1.807) is 6.92 Å². The summed E-state index contributed by atoms with van der Waals surface area (Å²) in [6.45, 7) is 8.26. The molecule has 0 saturated carbocycles. The predicted molar refractivity (Wildman–Crippen MR) is 42.0 cm³/mol. The Morgan fingerprint density at radius 3 is 2.75 bits per heavy atom. The molecule has 4 nitrogen and oxygen atoms in total. The van der Waals surface area contributed by atoms with Crippen molar-refractivity contribution >= 4 is 11.8 Å². The van der Waals surface area contributed by atoms with Crippen LogP contribution in [0.2, 0.25) is 0 Å². The van der Waals surface area contributed by atoms with Crippen LogP contribution in [0.1, 0.15) is 13.3 Å². The monoisotopic (exact) mass is 167 g/mol. The van der Waals surface area contributed by atoms with E-state index in [1.807, 2.05) is 0 Å². The largest absolute Gasteiger partial charge is 0.466 e. The predicted octanol–water partition coefficient (Wildman–Crippen LogP) is 0.942. The van der Waals surface area contributed by atoms with Gasteiger partial charge in [0, 0.05) is 0 Å². The Hall–Kier alpha value is -1.63. The molecule has 0 rings (SSSR count). The summed E-state index contributed by atoms with van der Waals surface area (Å²) < 4.78 is 4.52. The van der Waals surface area contributed by atoms with Crippen LogP contribution in [0.15, 0.2) is 12.3 Å². The summed E-state index contributed by atoms with van der Waals surface area (Å²) in [7, 11) is 0. The topological polar surface area (TPSA) is 47.7 Å². The normalized spacial score (nSPS) is 9.33. The number of rotatable bonds is 4. The maximum absolute atomic E-state index is 10.8. The molecule has 4 heteroatoms. The number of nitrogens with zero attached hydrogens (tertiary/aromatic N) is 1. The summed E-state index contributed by atoms with van der Waals surface area (Å²) >= 11 is 0. The van der Waals surface area contributed by atoms with E-state index in [4.69, 9.17) is 6.57 Å². The number of allylic oxidation sites excluding steroid dienone is 1. The molecule has 0 aromatic heterocycles. The van der Waals surface area contributed by atoms with Crippen LogP contribution in [-0.2, 0) is 14.3 Å². The summed E-state index contributed by atoms with van der Waals surface area (Å²) in [4.78, 5) is 24.2. The Labute approximate surface area is 70.6 Å². The summed E-state index contributed by atoms with van der Waals surface area (Å²) in [6, 6.07) is 0. The molecule has 0 aliphatic heterocycles. The standard InChI is InChI=1S/C8H9NO3/c1-3-12-8(11)6-7(10)4-5-9-2/h4-5H,3,6H2,1H3/b5-4+. The van der Waals surface area contributed by atoms with E-state index in [9.17, 15) is 9.59 Å². The highest BCUT2D eigenvalue weighted by Gasteiger charge is 2.05. The van der Waals surface area contributed by atoms with Crippen molar-refractivity contribution in [1.29, 1.82) is 0 Å². The Balaban J connectivity index is 3.78. The van der Waals surface area contributed by atoms with Gasteiger partial charge in [-0.25, -0.2) is 4.85 Å². The average Bonchev–Trinajstić information content (AvgIpc) is 2.01. The molecule has 0 bridgehead atoms. The van der Waals surface area contributed by atoms with Crippen molar-refractivity contribution in [1.82, 2.24) is 0 Å². The van der Waals surface area contributed by atoms with Crippen LogP contribution in [0.3, 0.4) is 0 Å². The van der Waals surface area contributed by atoms with Gasteiger partial charge in [0.15, 0.2) is 12.0 Å². The fraction of sp³-hybridized carbons (Fsp3) is 0.375. The maximum atomic E-state index is 10.8. The second-order valence-corrected chi connectivity index (χ2v) is 1.89. The Morgan fingerprint density at radius 2 is 2.25 bits per heavy atom. The highest BCUT2D eigenvalue weighted by Crippen LogP contribution is 1.90. The highest BCUT2D eigenvalue weighted by atomic mass is 16.5. The lowest BCUT2D eigenvalue weighted by Gasteiger charge is -1.96. The first-order valence-corrected chi connectivity index (χ1v) is 3.42. The molecular weight excluding hydrogens is 158 g/mol. The first kappa shape index (κ1) is 10.4. The quantitative estimate of drug-likeness (QED) is 0.271. The fourth-order valence-corrected chi connectivity index (χ4v) is 0.534. The minimum absolute atomic E-state index is 0.263. The third-order valence-electron chi connectivity index (χ3n) is 0.959. The molecule has 12 heavy (non-hydrogen) atoms. The lowest BCUT2D eigenvalue weighted by Crippen LogP contribution is -2.08. The molecule has 0 saturated heterocycles. The van der Waals surface area contributed by atoms with Gasteiger partial charge in [0.25, 0.3) is 0 Å². The van der Waals surface area contributed by atoms with Crippen molar-refractivity contribution in [3.8, 4) is 0 Å². The van der Waals surface area contributed by atoms with Gasteiger partial charge in [-0.15, -0.1) is 0 Å². The number of carbonyl (C=O) groups is 2. The third-order valence-corrected chi connectivity index (χ3v) is 0.959. The van der Waals surface area contributed by atoms with E-state index in [-0.39, 0.29) is 13.0 Å². The van der Waals surface area contributed by atoms with Crippen LogP contribution < -0.4 is 0 Å². The number of esters is 1. The van der Waals surface area contributed by atoms with Gasteiger partial charge in [0.1, 0.15) is 6.42 Å². The average molecular weight is 167 g/mol. The molecule has 0 aromatic carbocycles.